The standard InChI is InChI=1S/C18H23ClN4O2/c19-16-2-1-15(25-16)12-22-7-3-18(4-8-22)9-14(24)11-23(13-18)17-10-20-5-6-21-17/h1-2,5-6,10,14,24H,3-4,7-9,11-13H2. The Kier molecular flexibility index (Phi) is 4.67. The Morgan fingerprint density at radius 1 is 1.28 bits per heavy atom. The summed E-state index contributed by atoms with van der Waals surface area (Å²) in [5.74, 6) is 1.76. The van der Waals surface area contributed by atoms with E-state index >= 15 is 0 Å². The molecule has 0 radical (unpaired) electrons. The molecule has 4 heterocycles. The maximum absolute atomic E-state index is 10.4. The van der Waals surface area contributed by atoms with E-state index in [4.69, 9.17) is 16.0 Å². The molecule has 4 rings (SSSR count). The second kappa shape index (κ2) is 6.94. The van der Waals surface area contributed by atoms with E-state index in [0.717, 1.165) is 57.0 Å². The molecule has 1 spiro atoms. The second-order valence-electron chi connectivity index (χ2n) is 7.28. The third-order valence-corrected chi connectivity index (χ3v) is 5.63. The highest BCUT2D eigenvalue weighted by Crippen LogP contribution is 2.41. The van der Waals surface area contributed by atoms with Crippen molar-refractivity contribution in [2.24, 2.45) is 5.41 Å². The summed E-state index contributed by atoms with van der Waals surface area (Å²) in [5, 5.41) is 10.9. The van der Waals surface area contributed by atoms with Gasteiger partial charge >= 0.3 is 0 Å². The van der Waals surface area contributed by atoms with E-state index in [2.05, 4.69) is 19.8 Å². The van der Waals surface area contributed by atoms with Crippen LogP contribution in [0.1, 0.15) is 25.0 Å². The van der Waals surface area contributed by atoms with Crippen LogP contribution in [-0.4, -0.2) is 52.3 Å². The molecule has 2 aromatic rings. The Hall–Kier alpha value is -1.63. The average molecular weight is 363 g/mol. The van der Waals surface area contributed by atoms with E-state index in [1.807, 2.05) is 6.07 Å². The number of hydrogen-bond acceptors (Lipinski definition) is 6. The van der Waals surface area contributed by atoms with Crippen molar-refractivity contribution < 1.29 is 9.52 Å². The molecular formula is C18H23ClN4O2. The van der Waals surface area contributed by atoms with Gasteiger partial charge < -0.3 is 14.4 Å². The minimum Gasteiger partial charge on any atom is -0.448 e. The Balaban J connectivity index is 1.40. The smallest absolute Gasteiger partial charge is 0.193 e. The first-order chi connectivity index (χ1) is 12.1. The van der Waals surface area contributed by atoms with Crippen molar-refractivity contribution in [2.45, 2.75) is 31.9 Å². The molecule has 0 aliphatic carbocycles. The van der Waals surface area contributed by atoms with Gasteiger partial charge in [0.2, 0.25) is 0 Å². The van der Waals surface area contributed by atoms with Gasteiger partial charge in [-0.3, -0.25) is 9.88 Å². The van der Waals surface area contributed by atoms with Gasteiger partial charge in [0.1, 0.15) is 11.6 Å². The van der Waals surface area contributed by atoms with Gasteiger partial charge in [-0.2, -0.15) is 0 Å². The van der Waals surface area contributed by atoms with Crippen LogP contribution in [0.15, 0.2) is 35.1 Å². The molecule has 0 saturated carbocycles. The zero-order valence-electron chi connectivity index (χ0n) is 14.1. The monoisotopic (exact) mass is 362 g/mol. The summed E-state index contributed by atoms with van der Waals surface area (Å²) in [6.07, 6.45) is 7.85. The molecule has 2 aliphatic rings. The van der Waals surface area contributed by atoms with Crippen LogP contribution < -0.4 is 4.90 Å². The van der Waals surface area contributed by atoms with Crippen LogP contribution in [0.2, 0.25) is 5.22 Å². The second-order valence-corrected chi connectivity index (χ2v) is 7.66. The van der Waals surface area contributed by atoms with Gasteiger partial charge in [-0.05, 0) is 61.5 Å². The number of halogens is 1. The fourth-order valence-corrected chi connectivity index (χ4v) is 4.35. The first-order valence-corrected chi connectivity index (χ1v) is 9.15. The number of likely N-dealkylation sites (tertiary alicyclic amines) is 1. The van der Waals surface area contributed by atoms with Gasteiger partial charge in [-0.25, -0.2) is 4.98 Å². The van der Waals surface area contributed by atoms with Gasteiger partial charge in [-0.15, -0.1) is 0 Å². The lowest BCUT2D eigenvalue weighted by Crippen LogP contribution is -2.54. The lowest BCUT2D eigenvalue weighted by atomic mass is 9.71. The van der Waals surface area contributed by atoms with E-state index in [0.29, 0.717) is 11.8 Å². The molecule has 2 saturated heterocycles. The summed E-state index contributed by atoms with van der Waals surface area (Å²) in [4.78, 5) is 13.1. The van der Waals surface area contributed by atoms with E-state index < -0.39 is 0 Å². The third-order valence-electron chi connectivity index (χ3n) is 5.42. The summed E-state index contributed by atoms with van der Waals surface area (Å²) in [5.41, 5.74) is 0.145. The highest BCUT2D eigenvalue weighted by atomic mass is 35.5. The molecule has 0 bridgehead atoms. The summed E-state index contributed by atoms with van der Waals surface area (Å²) < 4.78 is 5.48. The molecule has 6 nitrogen and oxygen atoms in total. The van der Waals surface area contributed by atoms with Gasteiger partial charge in [0.15, 0.2) is 5.22 Å². The molecule has 0 aromatic carbocycles. The fraction of sp³-hybridized carbons (Fsp3) is 0.556. The van der Waals surface area contributed by atoms with Crippen molar-refractivity contribution in [2.75, 3.05) is 31.1 Å². The van der Waals surface area contributed by atoms with Crippen molar-refractivity contribution in [3.05, 3.63) is 41.7 Å². The number of hydrogen-bond donors (Lipinski definition) is 1. The predicted molar refractivity (Wildman–Crippen MR) is 95.5 cm³/mol. The number of aromatic nitrogens is 2. The van der Waals surface area contributed by atoms with E-state index in [1.54, 1.807) is 24.7 Å². The fourth-order valence-electron chi connectivity index (χ4n) is 4.19. The van der Waals surface area contributed by atoms with Crippen LogP contribution in [0.3, 0.4) is 0 Å². The first kappa shape index (κ1) is 16.8. The van der Waals surface area contributed by atoms with E-state index in [9.17, 15) is 5.11 Å². The van der Waals surface area contributed by atoms with Crippen LogP contribution in [-0.2, 0) is 6.54 Å². The third kappa shape index (κ3) is 3.81. The summed E-state index contributed by atoms with van der Waals surface area (Å²) in [7, 11) is 0. The Bertz CT molecular complexity index is 700. The number of anilines is 1. The molecule has 0 amide bonds. The Labute approximate surface area is 152 Å². The number of aliphatic hydroxyl groups excluding tert-OH is 1. The van der Waals surface area contributed by atoms with Crippen LogP contribution >= 0.6 is 11.6 Å². The molecule has 25 heavy (non-hydrogen) atoms. The number of rotatable bonds is 3. The molecule has 1 atom stereocenters. The molecule has 2 aromatic heterocycles. The molecule has 134 valence electrons. The molecule has 2 fully saturated rings. The molecule has 2 aliphatic heterocycles. The van der Waals surface area contributed by atoms with Crippen molar-refractivity contribution in [1.82, 2.24) is 14.9 Å². The lowest BCUT2D eigenvalue weighted by molar-refractivity contribution is 0.0228. The van der Waals surface area contributed by atoms with Crippen molar-refractivity contribution in [3.63, 3.8) is 0 Å². The van der Waals surface area contributed by atoms with Gasteiger partial charge in [0.25, 0.3) is 0 Å². The molecule has 1 N–H and O–H groups in total. The Morgan fingerprint density at radius 3 is 2.80 bits per heavy atom. The number of nitrogens with zero attached hydrogens (tertiary/aromatic N) is 4. The number of β-amino-alcohol motifs (C(OH)–C–C–N with tert-alkyl or cyclic N) is 1. The van der Waals surface area contributed by atoms with Gasteiger partial charge in [0, 0.05) is 25.5 Å². The van der Waals surface area contributed by atoms with Crippen LogP contribution in [0.5, 0.6) is 0 Å². The maximum Gasteiger partial charge on any atom is 0.193 e. The summed E-state index contributed by atoms with van der Waals surface area (Å²) in [6, 6.07) is 3.73. The normalized spacial score (nSPS) is 23.9. The predicted octanol–water partition coefficient (Wildman–Crippen LogP) is 2.58. The van der Waals surface area contributed by atoms with Gasteiger partial charge in [0.05, 0.1) is 18.8 Å². The van der Waals surface area contributed by atoms with Crippen LogP contribution in [0.25, 0.3) is 0 Å². The topological polar surface area (TPSA) is 65.6 Å². The van der Waals surface area contributed by atoms with E-state index in [-0.39, 0.29) is 11.5 Å². The van der Waals surface area contributed by atoms with Gasteiger partial charge in [-0.1, -0.05) is 0 Å². The Morgan fingerprint density at radius 2 is 2.12 bits per heavy atom. The number of piperidine rings is 2. The highest BCUT2D eigenvalue weighted by molar-refractivity contribution is 6.28. The summed E-state index contributed by atoms with van der Waals surface area (Å²) >= 11 is 5.86. The molecule has 7 heteroatoms. The number of furan rings is 1. The number of aliphatic hydroxyl groups is 1. The highest BCUT2D eigenvalue weighted by Gasteiger charge is 2.42. The SMILES string of the molecule is OC1CN(c2cnccn2)CC2(CCN(Cc3ccc(Cl)o3)CC2)C1. The minimum absolute atomic E-state index is 0.145. The lowest BCUT2D eigenvalue weighted by Gasteiger charge is -2.49. The summed E-state index contributed by atoms with van der Waals surface area (Å²) in [6.45, 7) is 4.36. The van der Waals surface area contributed by atoms with E-state index in [1.165, 1.54) is 0 Å². The minimum atomic E-state index is -0.314. The van der Waals surface area contributed by atoms with Crippen molar-refractivity contribution >= 4 is 17.4 Å². The van der Waals surface area contributed by atoms with Crippen molar-refractivity contribution in [3.8, 4) is 0 Å². The maximum atomic E-state index is 10.4. The van der Waals surface area contributed by atoms with Crippen LogP contribution in [0, 0.1) is 5.41 Å². The van der Waals surface area contributed by atoms with Crippen LogP contribution in [0.4, 0.5) is 5.82 Å². The van der Waals surface area contributed by atoms with Crippen molar-refractivity contribution in [1.29, 1.82) is 0 Å². The first-order valence-electron chi connectivity index (χ1n) is 8.78. The molecule has 1 unspecified atom stereocenters. The molecular weight excluding hydrogens is 340 g/mol. The quantitative estimate of drug-likeness (QED) is 0.905. The average Bonchev–Trinajstić information content (AvgIpc) is 3.02. The zero-order valence-corrected chi connectivity index (χ0v) is 14.9. The largest absolute Gasteiger partial charge is 0.448 e. The zero-order chi connectivity index (χ0) is 17.3.